The molecule has 15 heavy (non-hydrogen) atoms. The third-order valence-corrected chi connectivity index (χ3v) is 2.44. The Hall–Kier alpha value is -1.50. The summed E-state index contributed by atoms with van der Waals surface area (Å²) in [6.07, 6.45) is 0.324. The maximum atomic E-state index is 10.8. The molecule has 0 spiro atoms. The third kappa shape index (κ3) is 4.03. The fraction of sp³-hybridized carbons (Fsp3) is 0.375. The van der Waals surface area contributed by atoms with Crippen LogP contribution in [0.1, 0.15) is 6.42 Å². The molecule has 7 heteroatoms. The number of hydrogen-bond acceptors (Lipinski definition) is 7. The van der Waals surface area contributed by atoms with Gasteiger partial charge in [-0.05, 0) is 0 Å². The lowest BCUT2D eigenvalue weighted by Crippen LogP contribution is -2.03. The Balaban J connectivity index is 2.47. The Morgan fingerprint density at radius 2 is 2.27 bits per heavy atom. The molecule has 1 aromatic rings. The molecule has 0 bridgehead atoms. The van der Waals surface area contributed by atoms with Crippen LogP contribution in [0.2, 0.25) is 0 Å². The van der Waals surface area contributed by atoms with Crippen molar-refractivity contribution >= 4 is 29.5 Å². The van der Waals surface area contributed by atoms with Crippen LogP contribution < -0.4 is 11.5 Å². The highest BCUT2D eigenvalue weighted by Gasteiger charge is 2.03. The Labute approximate surface area is 91.4 Å². The van der Waals surface area contributed by atoms with Gasteiger partial charge in [0.15, 0.2) is 0 Å². The first-order valence-corrected chi connectivity index (χ1v) is 5.20. The Morgan fingerprint density at radius 1 is 1.53 bits per heavy atom. The van der Waals surface area contributed by atoms with Crippen LogP contribution in [-0.4, -0.2) is 28.8 Å². The van der Waals surface area contributed by atoms with Crippen molar-refractivity contribution in [2.45, 2.75) is 11.4 Å². The molecule has 0 atom stereocenters. The molecule has 0 aliphatic carbocycles. The molecule has 0 aliphatic rings. The SMILES string of the molecule is COC(=O)CCSc1cc(N)nc(N)n1. The van der Waals surface area contributed by atoms with Crippen LogP contribution in [0.5, 0.6) is 0 Å². The number of ether oxygens (including phenoxy) is 1. The summed E-state index contributed by atoms with van der Waals surface area (Å²) in [5.41, 5.74) is 10.9. The highest BCUT2D eigenvalue weighted by molar-refractivity contribution is 7.99. The number of hydrogen-bond donors (Lipinski definition) is 2. The summed E-state index contributed by atoms with van der Waals surface area (Å²) in [6.45, 7) is 0. The summed E-state index contributed by atoms with van der Waals surface area (Å²) in [5.74, 6) is 0.777. The monoisotopic (exact) mass is 228 g/mol. The second-order valence-corrected chi connectivity index (χ2v) is 3.78. The van der Waals surface area contributed by atoms with Gasteiger partial charge in [0.1, 0.15) is 10.8 Å². The molecule has 1 rings (SSSR count). The molecule has 0 fully saturated rings. The average molecular weight is 228 g/mol. The summed E-state index contributed by atoms with van der Waals surface area (Å²) in [7, 11) is 1.35. The minimum absolute atomic E-state index is 0.135. The number of rotatable bonds is 4. The molecule has 0 unspecified atom stereocenters. The fourth-order valence-corrected chi connectivity index (χ4v) is 1.72. The zero-order valence-corrected chi connectivity index (χ0v) is 9.08. The highest BCUT2D eigenvalue weighted by atomic mass is 32.2. The first kappa shape index (κ1) is 11.6. The van der Waals surface area contributed by atoms with E-state index in [2.05, 4.69) is 14.7 Å². The number of carbonyl (C=O) groups excluding carboxylic acids is 1. The van der Waals surface area contributed by atoms with E-state index in [0.29, 0.717) is 23.0 Å². The first-order chi connectivity index (χ1) is 7.11. The lowest BCUT2D eigenvalue weighted by atomic mass is 10.5. The van der Waals surface area contributed by atoms with Gasteiger partial charge in [0.05, 0.1) is 13.5 Å². The fourth-order valence-electron chi connectivity index (χ4n) is 0.876. The van der Waals surface area contributed by atoms with Gasteiger partial charge in [-0.2, -0.15) is 4.98 Å². The van der Waals surface area contributed by atoms with E-state index in [1.807, 2.05) is 0 Å². The highest BCUT2D eigenvalue weighted by Crippen LogP contribution is 2.18. The van der Waals surface area contributed by atoms with E-state index in [1.54, 1.807) is 6.07 Å². The maximum Gasteiger partial charge on any atom is 0.306 e. The second kappa shape index (κ2) is 5.40. The van der Waals surface area contributed by atoms with Gasteiger partial charge in [-0.3, -0.25) is 4.79 Å². The summed E-state index contributed by atoms with van der Waals surface area (Å²) in [6, 6.07) is 1.61. The van der Waals surface area contributed by atoms with Crippen LogP contribution in [0.4, 0.5) is 11.8 Å². The number of anilines is 2. The van der Waals surface area contributed by atoms with Crippen LogP contribution in [0, 0.1) is 0 Å². The number of carbonyl (C=O) groups is 1. The van der Waals surface area contributed by atoms with Gasteiger partial charge in [-0.15, -0.1) is 11.8 Å². The number of nitrogen functional groups attached to an aromatic ring is 2. The zero-order valence-electron chi connectivity index (χ0n) is 8.27. The average Bonchev–Trinajstić information content (AvgIpc) is 2.16. The van der Waals surface area contributed by atoms with Gasteiger partial charge in [0.25, 0.3) is 0 Å². The van der Waals surface area contributed by atoms with E-state index in [4.69, 9.17) is 11.5 Å². The molecule has 0 saturated carbocycles. The molecular formula is C8H12N4O2S. The number of nitrogens with zero attached hydrogens (tertiary/aromatic N) is 2. The molecule has 0 amide bonds. The summed E-state index contributed by atoms with van der Waals surface area (Å²) in [4.78, 5) is 18.5. The third-order valence-electron chi connectivity index (χ3n) is 1.52. The molecule has 1 aromatic heterocycles. The quantitative estimate of drug-likeness (QED) is 0.433. The summed E-state index contributed by atoms with van der Waals surface area (Å²) in [5, 5.41) is 0.656. The van der Waals surface area contributed by atoms with E-state index < -0.39 is 0 Å². The maximum absolute atomic E-state index is 10.8. The minimum Gasteiger partial charge on any atom is -0.469 e. The van der Waals surface area contributed by atoms with Crippen molar-refractivity contribution in [3.8, 4) is 0 Å². The zero-order chi connectivity index (χ0) is 11.3. The number of aromatic nitrogens is 2. The van der Waals surface area contributed by atoms with Gasteiger partial charge < -0.3 is 16.2 Å². The van der Waals surface area contributed by atoms with Crippen molar-refractivity contribution in [2.24, 2.45) is 0 Å². The Morgan fingerprint density at radius 3 is 2.87 bits per heavy atom. The lowest BCUT2D eigenvalue weighted by Gasteiger charge is -2.02. The van der Waals surface area contributed by atoms with E-state index in [1.165, 1.54) is 18.9 Å². The van der Waals surface area contributed by atoms with Gasteiger partial charge in [-0.1, -0.05) is 0 Å². The van der Waals surface area contributed by atoms with Gasteiger partial charge in [0.2, 0.25) is 5.95 Å². The van der Waals surface area contributed by atoms with Gasteiger partial charge in [0, 0.05) is 11.8 Å². The molecule has 0 aliphatic heterocycles. The minimum atomic E-state index is -0.252. The van der Waals surface area contributed by atoms with Crippen LogP contribution in [0.3, 0.4) is 0 Å². The normalized spacial score (nSPS) is 9.93. The van der Waals surface area contributed by atoms with Crippen molar-refractivity contribution in [1.82, 2.24) is 9.97 Å². The van der Waals surface area contributed by atoms with E-state index in [0.717, 1.165) is 0 Å². The number of esters is 1. The number of nitrogens with two attached hydrogens (primary N) is 2. The molecule has 0 saturated heterocycles. The predicted molar refractivity (Wildman–Crippen MR) is 58.2 cm³/mol. The van der Waals surface area contributed by atoms with Crippen molar-refractivity contribution in [3.05, 3.63) is 6.07 Å². The van der Waals surface area contributed by atoms with Gasteiger partial charge >= 0.3 is 5.97 Å². The lowest BCUT2D eigenvalue weighted by molar-refractivity contribution is -0.140. The second-order valence-electron chi connectivity index (χ2n) is 2.66. The van der Waals surface area contributed by atoms with E-state index in [-0.39, 0.29) is 11.9 Å². The Bertz CT molecular complexity index is 338. The summed E-state index contributed by atoms with van der Waals surface area (Å²) >= 11 is 1.38. The van der Waals surface area contributed by atoms with Crippen LogP contribution >= 0.6 is 11.8 Å². The predicted octanol–water partition coefficient (Wildman–Crippen LogP) is 0.296. The molecule has 1 heterocycles. The molecule has 4 N–H and O–H groups in total. The van der Waals surface area contributed by atoms with Crippen molar-refractivity contribution in [2.75, 3.05) is 24.3 Å². The molecule has 82 valence electrons. The standard InChI is InChI=1S/C8H12N4O2S/c1-14-7(13)2-3-15-6-4-5(9)11-8(10)12-6/h4H,2-3H2,1H3,(H4,9,10,11,12). The van der Waals surface area contributed by atoms with E-state index >= 15 is 0 Å². The van der Waals surface area contributed by atoms with Crippen LogP contribution in [0.15, 0.2) is 11.1 Å². The molecule has 0 aromatic carbocycles. The summed E-state index contributed by atoms with van der Waals surface area (Å²) < 4.78 is 4.50. The van der Waals surface area contributed by atoms with Crippen molar-refractivity contribution in [1.29, 1.82) is 0 Å². The largest absolute Gasteiger partial charge is 0.469 e. The smallest absolute Gasteiger partial charge is 0.306 e. The van der Waals surface area contributed by atoms with Gasteiger partial charge in [-0.25, -0.2) is 4.98 Å². The molecule has 0 radical (unpaired) electrons. The first-order valence-electron chi connectivity index (χ1n) is 4.21. The molecule has 6 nitrogen and oxygen atoms in total. The van der Waals surface area contributed by atoms with Crippen molar-refractivity contribution in [3.63, 3.8) is 0 Å². The van der Waals surface area contributed by atoms with Crippen LogP contribution in [-0.2, 0) is 9.53 Å². The topological polar surface area (TPSA) is 104 Å². The number of thioether (sulfide) groups is 1. The number of methoxy groups -OCH3 is 1. The molecular weight excluding hydrogens is 216 g/mol. The Kier molecular flexibility index (Phi) is 4.17. The van der Waals surface area contributed by atoms with Crippen LogP contribution in [0.25, 0.3) is 0 Å². The van der Waals surface area contributed by atoms with E-state index in [9.17, 15) is 4.79 Å². The van der Waals surface area contributed by atoms with Crippen molar-refractivity contribution < 1.29 is 9.53 Å².